The third-order valence-electron chi connectivity index (χ3n) is 7.52. The van der Waals surface area contributed by atoms with Crippen LogP contribution in [0, 0.1) is 0 Å². The number of carbonyl (C=O) groups is 8. The normalized spacial score (nSPS) is 27.7. The fraction of sp³-hybridized carbons (Fsp3) is 0.588. The Bertz CT molecular complexity index is 1560. The van der Waals surface area contributed by atoms with E-state index in [1.165, 1.54) is 18.2 Å². The molecule has 3 rings (SSSR count). The minimum absolute atomic E-state index is 0.0120. The largest absolute Gasteiger partial charge is 0.507 e. The van der Waals surface area contributed by atoms with Gasteiger partial charge in [0.25, 0.3) is 0 Å². The number of esters is 7. The van der Waals surface area contributed by atoms with Crippen molar-refractivity contribution in [3.8, 4) is 5.75 Å². The Balaban J connectivity index is 2.14. The molecule has 2 saturated heterocycles. The van der Waals surface area contributed by atoms with Crippen molar-refractivity contribution in [1.82, 2.24) is 0 Å². The van der Waals surface area contributed by atoms with E-state index in [0.29, 0.717) is 11.8 Å². The van der Waals surface area contributed by atoms with E-state index in [9.17, 15) is 43.5 Å². The van der Waals surface area contributed by atoms with Gasteiger partial charge in [0.1, 0.15) is 42.7 Å². The van der Waals surface area contributed by atoms with Crippen molar-refractivity contribution < 1.29 is 90.8 Å². The van der Waals surface area contributed by atoms with Crippen LogP contribution in [0.1, 0.15) is 64.4 Å². The average Bonchev–Trinajstić information content (AvgIpc) is 3.06. The summed E-state index contributed by atoms with van der Waals surface area (Å²) in [5.74, 6) is -6.06. The van der Waals surface area contributed by atoms with Crippen molar-refractivity contribution in [3.63, 3.8) is 0 Å². The van der Waals surface area contributed by atoms with Crippen LogP contribution in [0.4, 0.5) is 0 Å². The van der Waals surface area contributed by atoms with Gasteiger partial charge in [-0.2, -0.15) is 0 Å². The topological polar surface area (TPSA) is 249 Å². The molecule has 0 spiro atoms. The highest BCUT2D eigenvalue weighted by molar-refractivity contribution is 7.99. The lowest BCUT2D eigenvalue weighted by molar-refractivity contribution is -0.341. The lowest BCUT2D eigenvalue weighted by Crippen LogP contribution is -2.66. The number of phenolic OH excluding ortho intramolecular Hbond substituents is 1. The number of benzene rings is 1. The van der Waals surface area contributed by atoms with Crippen LogP contribution in [0.2, 0.25) is 0 Å². The number of thioether (sulfide) groups is 1. The Labute approximate surface area is 313 Å². The smallest absolute Gasteiger partial charge is 0.303 e. The lowest BCUT2D eigenvalue weighted by atomic mass is 9.96. The fourth-order valence-corrected chi connectivity index (χ4v) is 6.73. The van der Waals surface area contributed by atoms with Gasteiger partial charge in [0.05, 0.1) is 5.56 Å². The molecule has 2 aliphatic heterocycles. The van der Waals surface area contributed by atoms with Crippen molar-refractivity contribution in [3.05, 3.63) is 29.3 Å². The summed E-state index contributed by atoms with van der Waals surface area (Å²) in [5, 5.41) is 9.93. The van der Waals surface area contributed by atoms with Crippen molar-refractivity contribution in [2.75, 3.05) is 13.2 Å². The summed E-state index contributed by atoms with van der Waals surface area (Å²) in [7, 11) is 0. The molecule has 10 atom stereocenters. The quantitative estimate of drug-likeness (QED) is 0.148. The molecule has 298 valence electrons. The van der Waals surface area contributed by atoms with E-state index in [0.717, 1.165) is 60.2 Å². The SMILES string of the molecule is CC(=O)OC[C@H]1O[C@@H](SCc2ccc(O)c(C=O)c2)[C@H](OC(C)=O)[C@@H](OC(C)=O)[C@@H]1O[C@@H]1O[C@H](COC(C)=O)[C@@H](OC(C)=O)[C@H](OC(C)=O)[C@H]1OC(C)=O. The number of hydrogen-bond donors (Lipinski definition) is 1. The van der Waals surface area contributed by atoms with E-state index >= 15 is 0 Å². The molecule has 1 N–H and O–H groups in total. The predicted octanol–water partition coefficient (Wildman–Crippen LogP) is 1.06. The van der Waals surface area contributed by atoms with Gasteiger partial charge in [0.2, 0.25) is 0 Å². The summed E-state index contributed by atoms with van der Waals surface area (Å²) in [6.45, 7) is 6.34. The van der Waals surface area contributed by atoms with Crippen LogP contribution in [0.15, 0.2) is 18.2 Å². The molecular formula is C34H42O19S. The third-order valence-corrected chi connectivity index (χ3v) is 8.73. The number of aldehydes is 1. The fourth-order valence-electron chi connectivity index (χ4n) is 5.57. The molecule has 54 heavy (non-hydrogen) atoms. The summed E-state index contributed by atoms with van der Waals surface area (Å²) >= 11 is 1.04. The molecule has 2 aliphatic rings. The number of carbonyl (C=O) groups excluding carboxylic acids is 8. The van der Waals surface area contributed by atoms with Gasteiger partial charge in [0, 0.05) is 54.2 Å². The standard InChI is InChI=1S/C34H42O19S/c1-15(36)44-12-25-27(46-17(3)38)29(47-18(4)39)31(49-20(6)41)33(51-25)53-28-26(13-45-16(2)37)52-34(32(50-21(7)42)30(28)48-19(5)40)54-14-22-8-9-24(43)23(10-22)11-35/h8-11,25-34,43H,12-14H2,1-7H3/t25-,26-,27-,28-,29+,30+,31-,32-,33+,34+/m1/s1. The summed E-state index contributed by atoms with van der Waals surface area (Å²) in [4.78, 5) is 97.2. The second-order valence-corrected chi connectivity index (χ2v) is 13.1. The first-order chi connectivity index (χ1) is 25.4. The minimum atomic E-state index is -1.81. The van der Waals surface area contributed by atoms with E-state index in [1.807, 2.05) is 0 Å². The van der Waals surface area contributed by atoms with E-state index in [-0.39, 0.29) is 17.1 Å². The summed E-state index contributed by atoms with van der Waals surface area (Å²) in [6, 6.07) is 4.28. The number of aromatic hydroxyl groups is 1. The van der Waals surface area contributed by atoms with Crippen LogP contribution >= 0.6 is 11.8 Å². The second-order valence-electron chi connectivity index (χ2n) is 12.0. The van der Waals surface area contributed by atoms with E-state index in [4.69, 9.17) is 47.4 Å². The van der Waals surface area contributed by atoms with Gasteiger partial charge >= 0.3 is 41.8 Å². The highest BCUT2D eigenvalue weighted by Gasteiger charge is 2.57. The van der Waals surface area contributed by atoms with Crippen LogP contribution in [-0.2, 0) is 86.7 Å². The number of ether oxygens (including phenoxy) is 10. The first-order valence-corrected chi connectivity index (χ1v) is 17.4. The maximum Gasteiger partial charge on any atom is 0.303 e. The molecule has 0 aliphatic carbocycles. The molecule has 0 aromatic heterocycles. The zero-order chi connectivity index (χ0) is 40.3. The predicted molar refractivity (Wildman–Crippen MR) is 178 cm³/mol. The van der Waals surface area contributed by atoms with Crippen molar-refractivity contribution >= 4 is 59.8 Å². The molecule has 20 heteroatoms. The van der Waals surface area contributed by atoms with Crippen LogP contribution in [-0.4, -0.2) is 127 Å². The maximum atomic E-state index is 12.6. The Morgan fingerprint density at radius 2 is 1.09 bits per heavy atom. The van der Waals surface area contributed by atoms with Gasteiger partial charge < -0.3 is 52.5 Å². The van der Waals surface area contributed by atoms with Crippen LogP contribution < -0.4 is 0 Å². The molecule has 0 unspecified atom stereocenters. The Hall–Kier alpha value is -4.79. The minimum Gasteiger partial charge on any atom is -0.507 e. The molecule has 0 saturated carbocycles. The molecular weight excluding hydrogens is 744 g/mol. The van der Waals surface area contributed by atoms with Crippen LogP contribution in [0.25, 0.3) is 0 Å². The van der Waals surface area contributed by atoms with Gasteiger partial charge in [-0.05, 0) is 17.7 Å². The van der Waals surface area contributed by atoms with Gasteiger partial charge in [-0.15, -0.1) is 11.8 Å². The van der Waals surface area contributed by atoms with Crippen molar-refractivity contribution in [2.45, 2.75) is 115 Å². The molecule has 2 heterocycles. The Morgan fingerprint density at radius 3 is 1.59 bits per heavy atom. The van der Waals surface area contributed by atoms with Gasteiger partial charge in [0.15, 0.2) is 43.1 Å². The van der Waals surface area contributed by atoms with E-state index < -0.39 is 116 Å². The average molecular weight is 787 g/mol. The van der Waals surface area contributed by atoms with Gasteiger partial charge in [-0.25, -0.2) is 0 Å². The van der Waals surface area contributed by atoms with Gasteiger partial charge in [-0.1, -0.05) is 6.07 Å². The highest BCUT2D eigenvalue weighted by atomic mass is 32.2. The Kier molecular flexibility index (Phi) is 16.2. The molecule has 0 amide bonds. The molecule has 1 aromatic rings. The van der Waals surface area contributed by atoms with E-state index in [2.05, 4.69) is 0 Å². The lowest BCUT2D eigenvalue weighted by Gasteiger charge is -2.48. The third kappa shape index (κ3) is 12.7. The number of hydrogen-bond acceptors (Lipinski definition) is 20. The molecule has 0 radical (unpaired) electrons. The molecule has 1 aromatic carbocycles. The maximum absolute atomic E-state index is 12.6. The zero-order valence-corrected chi connectivity index (χ0v) is 31.2. The van der Waals surface area contributed by atoms with Crippen molar-refractivity contribution in [2.24, 2.45) is 0 Å². The molecule has 0 bridgehead atoms. The summed E-state index contributed by atoms with van der Waals surface area (Å²) in [5.41, 5.74) is -0.609. The first kappa shape index (κ1) is 43.6. The first-order valence-electron chi connectivity index (χ1n) is 16.4. The van der Waals surface area contributed by atoms with Crippen molar-refractivity contribution in [1.29, 1.82) is 0 Å². The zero-order valence-electron chi connectivity index (χ0n) is 30.4. The molecule has 19 nitrogen and oxygen atoms in total. The molecule has 2 fully saturated rings. The highest BCUT2D eigenvalue weighted by Crippen LogP contribution is 2.38. The second kappa shape index (κ2) is 20.0. The summed E-state index contributed by atoms with van der Waals surface area (Å²) in [6.07, 6.45) is -13.6. The van der Waals surface area contributed by atoms with Gasteiger partial charge in [-0.3, -0.25) is 38.4 Å². The monoisotopic (exact) mass is 786 g/mol. The Morgan fingerprint density at radius 1 is 0.630 bits per heavy atom. The van der Waals surface area contributed by atoms with Crippen LogP contribution in [0.5, 0.6) is 5.75 Å². The number of rotatable bonds is 15. The van der Waals surface area contributed by atoms with E-state index in [1.54, 1.807) is 0 Å². The number of phenols is 1. The van der Waals surface area contributed by atoms with Crippen LogP contribution in [0.3, 0.4) is 0 Å². The summed E-state index contributed by atoms with van der Waals surface area (Å²) < 4.78 is 56.7.